The van der Waals surface area contributed by atoms with Crippen molar-refractivity contribution in [2.24, 2.45) is 0 Å². The standard InChI is InChI=1S/C42H56O5/c1-3-5-7-9-11-12-13-14-16-18-34-46-39-28-24-37(25-29-39)42(44)47-40-30-22-36(23-31-40)41(43)32-21-35-19-26-38(27-20-35)45-33-17-15-10-8-6-4-2/h19-32H,3-18,33-34H2,1-2H3/b32-21+. The molecular formula is C42H56O5. The van der Waals surface area contributed by atoms with Gasteiger partial charge in [-0.2, -0.15) is 0 Å². The van der Waals surface area contributed by atoms with Crippen molar-refractivity contribution in [3.63, 3.8) is 0 Å². The lowest BCUT2D eigenvalue weighted by Gasteiger charge is -2.08. The van der Waals surface area contributed by atoms with Crippen LogP contribution in [-0.2, 0) is 0 Å². The number of carbonyl (C=O) groups is 2. The van der Waals surface area contributed by atoms with Crippen LogP contribution in [-0.4, -0.2) is 25.0 Å². The minimum Gasteiger partial charge on any atom is -0.494 e. The van der Waals surface area contributed by atoms with Crippen molar-refractivity contribution in [1.82, 2.24) is 0 Å². The summed E-state index contributed by atoms with van der Waals surface area (Å²) in [6.45, 7) is 5.89. The van der Waals surface area contributed by atoms with E-state index < -0.39 is 5.97 Å². The van der Waals surface area contributed by atoms with Gasteiger partial charge in [-0.3, -0.25) is 4.79 Å². The van der Waals surface area contributed by atoms with Crippen molar-refractivity contribution < 1.29 is 23.8 Å². The Balaban J connectivity index is 1.32. The first-order valence-electron chi connectivity index (χ1n) is 18.1. The summed E-state index contributed by atoms with van der Waals surface area (Å²) >= 11 is 0. The van der Waals surface area contributed by atoms with Gasteiger partial charge >= 0.3 is 5.97 Å². The molecule has 0 fully saturated rings. The summed E-state index contributed by atoms with van der Waals surface area (Å²) in [5.41, 5.74) is 1.88. The van der Waals surface area contributed by atoms with Crippen LogP contribution in [0.4, 0.5) is 0 Å². The second-order valence-corrected chi connectivity index (χ2v) is 12.4. The highest BCUT2D eigenvalue weighted by molar-refractivity contribution is 6.06. The van der Waals surface area contributed by atoms with Gasteiger partial charge in [0.2, 0.25) is 0 Å². The summed E-state index contributed by atoms with van der Waals surface area (Å²) in [5.74, 6) is 1.40. The van der Waals surface area contributed by atoms with Crippen molar-refractivity contribution in [3.8, 4) is 17.2 Å². The summed E-state index contributed by atoms with van der Waals surface area (Å²) < 4.78 is 17.2. The molecule has 0 bridgehead atoms. The third-order valence-corrected chi connectivity index (χ3v) is 8.28. The van der Waals surface area contributed by atoms with E-state index in [1.807, 2.05) is 24.3 Å². The number of esters is 1. The van der Waals surface area contributed by atoms with Gasteiger partial charge in [0, 0.05) is 5.56 Å². The van der Waals surface area contributed by atoms with E-state index in [0.29, 0.717) is 23.5 Å². The molecule has 254 valence electrons. The van der Waals surface area contributed by atoms with Gasteiger partial charge in [0.1, 0.15) is 17.2 Å². The lowest BCUT2D eigenvalue weighted by atomic mass is 10.1. The Kier molecular flexibility index (Phi) is 18.8. The van der Waals surface area contributed by atoms with Crippen molar-refractivity contribution in [3.05, 3.63) is 95.6 Å². The minimum atomic E-state index is -0.454. The smallest absolute Gasteiger partial charge is 0.343 e. The van der Waals surface area contributed by atoms with Gasteiger partial charge in [0.05, 0.1) is 18.8 Å². The SMILES string of the molecule is CCCCCCCCCCCCOc1ccc(C(=O)Oc2ccc(C(=O)/C=C/c3ccc(OCCCCCCCC)cc3)cc2)cc1. The molecule has 5 heteroatoms. The van der Waals surface area contributed by atoms with Gasteiger partial charge in [0.15, 0.2) is 5.78 Å². The largest absolute Gasteiger partial charge is 0.494 e. The highest BCUT2D eigenvalue weighted by Crippen LogP contribution is 2.19. The van der Waals surface area contributed by atoms with Crippen LogP contribution in [0.25, 0.3) is 6.08 Å². The van der Waals surface area contributed by atoms with Crippen LogP contribution < -0.4 is 14.2 Å². The summed E-state index contributed by atoms with van der Waals surface area (Å²) in [7, 11) is 0. The topological polar surface area (TPSA) is 61.8 Å². The van der Waals surface area contributed by atoms with Gasteiger partial charge in [-0.05, 0) is 85.1 Å². The summed E-state index contributed by atoms with van der Waals surface area (Å²) in [4.78, 5) is 25.4. The van der Waals surface area contributed by atoms with Crippen LogP contribution >= 0.6 is 0 Å². The Hall–Kier alpha value is -3.86. The van der Waals surface area contributed by atoms with Crippen molar-refractivity contribution in [1.29, 1.82) is 0 Å². The molecule has 0 aliphatic heterocycles. The fourth-order valence-electron chi connectivity index (χ4n) is 5.34. The number of allylic oxidation sites excluding steroid dienone is 1. The van der Waals surface area contributed by atoms with E-state index >= 15 is 0 Å². The zero-order chi connectivity index (χ0) is 33.4. The van der Waals surface area contributed by atoms with Crippen LogP contribution in [0, 0.1) is 0 Å². The van der Waals surface area contributed by atoms with Gasteiger partial charge in [-0.1, -0.05) is 122 Å². The Morgan fingerprint density at radius 2 is 0.894 bits per heavy atom. The number of unbranched alkanes of at least 4 members (excludes halogenated alkanes) is 14. The predicted molar refractivity (Wildman–Crippen MR) is 194 cm³/mol. The number of carbonyl (C=O) groups excluding carboxylic acids is 2. The van der Waals surface area contributed by atoms with Crippen LogP contribution in [0.5, 0.6) is 17.2 Å². The fourth-order valence-corrected chi connectivity index (χ4v) is 5.34. The number of benzene rings is 3. The van der Waals surface area contributed by atoms with Gasteiger partial charge in [-0.15, -0.1) is 0 Å². The van der Waals surface area contributed by atoms with Crippen molar-refractivity contribution in [2.75, 3.05) is 13.2 Å². The molecule has 5 nitrogen and oxygen atoms in total. The van der Waals surface area contributed by atoms with Crippen molar-refractivity contribution in [2.45, 2.75) is 117 Å². The van der Waals surface area contributed by atoms with Crippen LogP contribution in [0.1, 0.15) is 143 Å². The molecule has 0 heterocycles. The number of hydrogen-bond acceptors (Lipinski definition) is 5. The van der Waals surface area contributed by atoms with E-state index in [1.54, 1.807) is 60.7 Å². The van der Waals surface area contributed by atoms with E-state index in [-0.39, 0.29) is 5.78 Å². The zero-order valence-corrected chi connectivity index (χ0v) is 28.9. The second-order valence-electron chi connectivity index (χ2n) is 12.4. The molecule has 0 aliphatic carbocycles. The lowest BCUT2D eigenvalue weighted by molar-refractivity contribution is 0.0734. The van der Waals surface area contributed by atoms with E-state index in [4.69, 9.17) is 14.2 Å². The molecule has 3 aromatic carbocycles. The van der Waals surface area contributed by atoms with Gasteiger partial charge in [-0.25, -0.2) is 4.79 Å². The molecule has 0 saturated heterocycles. The van der Waals surface area contributed by atoms with Crippen LogP contribution in [0.2, 0.25) is 0 Å². The molecule has 47 heavy (non-hydrogen) atoms. The molecule has 0 atom stereocenters. The minimum absolute atomic E-state index is 0.125. The summed E-state index contributed by atoms with van der Waals surface area (Å²) in [5, 5.41) is 0. The Bertz CT molecular complexity index is 1290. The lowest BCUT2D eigenvalue weighted by Crippen LogP contribution is -2.08. The molecule has 0 saturated carbocycles. The molecule has 0 amide bonds. The Morgan fingerprint density at radius 3 is 1.38 bits per heavy atom. The first-order chi connectivity index (χ1) is 23.1. The van der Waals surface area contributed by atoms with E-state index in [9.17, 15) is 9.59 Å². The molecule has 3 aromatic rings. The number of rotatable bonds is 25. The van der Waals surface area contributed by atoms with Crippen molar-refractivity contribution >= 4 is 17.8 Å². The fraction of sp³-hybridized carbons (Fsp3) is 0.476. The molecule has 0 unspecified atom stereocenters. The first kappa shape index (κ1) is 37.6. The van der Waals surface area contributed by atoms with Gasteiger partial charge in [0.25, 0.3) is 0 Å². The first-order valence-corrected chi connectivity index (χ1v) is 18.1. The summed E-state index contributed by atoms with van der Waals surface area (Å²) in [6, 6.07) is 21.4. The normalized spacial score (nSPS) is 11.1. The molecule has 0 aromatic heterocycles. The van der Waals surface area contributed by atoms with Crippen LogP contribution in [0.15, 0.2) is 78.9 Å². The van der Waals surface area contributed by atoms with E-state index in [0.717, 1.165) is 36.5 Å². The van der Waals surface area contributed by atoms with E-state index in [2.05, 4.69) is 13.8 Å². The third kappa shape index (κ3) is 16.0. The molecule has 3 rings (SSSR count). The molecule has 0 radical (unpaired) electrons. The molecular weight excluding hydrogens is 584 g/mol. The second kappa shape index (κ2) is 23.5. The monoisotopic (exact) mass is 640 g/mol. The zero-order valence-electron chi connectivity index (χ0n) is 28.9. The highest BCUT2D eigenvalue weighted by atomic mass is 16.5. The van der Waals surface area contributed by atoms with Gasteiger partial charge < -0.3 is 14.2 Å². The maximum Gasteiger partial charge on any atom is 0.343 e. The number of ketones is 1. The molecule has 0 spiro atoms. The number of hydrogen-bond donors (Lipinski definition) is 0. The van der Waals surface area contributed by atoms with E-state index in [1.165, 1.54) is 89.9 Å². The Labute approximate surface area is 283 Å². The highest BCUT2D eigenvalue weighted by Gasteiger charge is 2.10. The maximum absolute atomic E-state index is 12.7. The average Bonchev–Trinajstić information content (AvgIpc) is 3.10. The maximum atomic E-state index is 12.7. The molecule has 0 aliphatic rings. The molecule has 0 N–H and O–H groups in total. The third-order valence-electron chi connectivity index (χ3n) is 8.28. The quantitative estimate of drug-likeness (QED) is 0.0303. The summed E-state index contributed by atoms with van der Waals surface area (Å²) in [6.07, 6.45) is 23.7. The average molecular weight is 641 g/mol. The predicted octanol–water partition coefficient (Wildman–Crippen LogP) is 11.8. The Morgan fingerprint density at radius 1 is 0.489 bits per heavy atom. The van der Waals surface area contributed by atoms with Crippen LogP contribution in [0.3, 0.4) is 0 Å². The number of ether oxygens (including phenoxy) is 3.